The van der Waals surface area contributed by atoms with E-state index in [2.05, 4.69) is 12.2 Å². The zero-order valence-corrected chi connectivity index (χ0v) is 12.5. The Bertz CT molecular complexity index is 511. The summed E-state index contributed by atoms with van der Waals surface area (Å²) in [6.07, 6.45) is 0.538. The van der Waals surface area contributed by atoms with Gasteiger partial charge in [0.2, 0.25) is 0 Å². The van der Waals surface area contributed by atoms with Gasteiger partial charge in [-0.3, -0.25) is 0 Å². The maximum atomic E-state index is 10.0. The van der Waals surface area contributed by atoms with Gasteiger partial charge in [-0.2, -0.15) is 0 Å². The summed E-state index contributed by atoms with van der Waals surface area (Å²) in [5.41, 5.74) is 2.11. The number of hydrogen-bond acceptors (Lipinski definition) is 3. The quantitative estimate of drug-likeness (QED) is 0.731. The Balaban J connectivity index is 1.80. The number of ether oxygens (including phenoxy) is 1. The van der Waals surface area contributed by atoms with Gasteiger partial charge in [-0.1, -0.05) is 49.4 Å². The van der Waals surface area contributed by atoms with Crippen LogP contribution in [0.1, 0.15) is 30.6 Å². The number of rotatable bonds is 8. The first-order valence-corrected chi connectivity index (χ1v) is 7.45. The van der Waals surface area contributed by atoms with E-state index in [-0.39, 0.29) is 6.61 Å². The third-order valence-corrected chi connectivity index (χ3v) is 3.27. The van der Waals surface area contributed by atoms with Gasteiger partial charge >= 0.3 is 0 Å². The Morgan fingerprint density at radius 1 is 1.05 bits per heavy atom. The van der Waals surface area contributed by atoms with Crippen molar-refractivity contribution in [2.75, 3.05) is 13.2 Å². The molecule has 2 rings (SSSR count). The molecule has 0 aromatic heterocycles. The van der Waals surface area contributed by atoms with Crippen LogP contribution in [-0.4, -0.2) is 18.3 Å². The maximum absolute atomic E-state index is 10.0. The van der Waals surface area contributed by atoms with Crippen LogP contribution in [0.2, 0.25) is 0 Å². The monoisotopic (exact) mass is 285 g/mol. The minimum absolute atomic E-state index is 0.261. The molecule has 0 bridgehead atoms. The summed E-state index contributed by atoms with van der Waals surface area (Å²) in [6.45, 7) is 4.32. The molecule has 112 valence electrons. The van der Waals surface area contributed by atoms with E-state index >= 15 is 0 Å². The second kappa shape index (κ2) is 8.45. The molecule has 0 amide bonds. The summed E-state index contributed by atoms with van der Waals surface area (Å²) < 4.78 is 5.63. The fourth-order valence-corrected chi connectivity index (χ4v) is 2.06. The van der Waals surface area contributed by atoms with E-state index < -0.39 is 6.10 Å². The molecule has 0 aliphatic rings. The van der Waals surface area contributed by atoms with Gasteiger partial charge in [-0.25, -0.2) is 0 Å². The zero-order chi connectivity index (χ0) is 14.9. The Labute approximate surface area is 126 Å². The molecular formula is C18H23NO2. The molecule has 2 aromatic carbocycles. The van der Waals surface area contributed by atoms with Gasteiger partial charge in [-0.15, -0.1) is 0 Å². The van der Waals surface area contributed by atoms with Gasteiger partial charge in [0.1, 0.15) is 18.5 Å². The minimum atomic E-state index is -0.600. The molecule has 2 N–H and O–H groups in total. The van der Waals surface area contributed by atoms with Crippen LogP contribution in [0.5, 0.6) is 5.75 Å². The van der Waals surface area contributed by atoms with Crippen molar-refractivity contribution in [2.24, 2.45) is 0 Å². The lowest BCUT2D eigenvalue weighted by Crippen LogP contribution is -2.13. The molecule has 0 spiro atoms. The first kappa shape index (κ1) is 15.5. The van der Waals surface area contributed by atoms with E-state index in [1.807, 2.05) is 54.6 Å². The van der Waals surface area contributed by atoms with Crippen LogP contribution < -0.4 is 10.1 Å². The van der Waals surface area contributed by atoms with Crippen LogP contribution >= 0.6 is 0 Å². The highest BCUT2D eigenvalue weighted by atomic mass is 16.5. The standard InChI is InChI=1S/C18H23NO2/c1-2-12-19-13-15-8-10-17(11-9-15)21-14-18(20)16-6-4-3-5-7-16/h3-11,18-20H,2,12-14H2,1H3. The largest absolute Gasteiger partial charge is 0.491 e. The molecule has 0 saturated heterocycles. The highest BCUT2D eigenvalue weighted by Gasteiger charge is 2.07. The van der Waals surface area contributed by atoms with E-state index in [9.17, 15) is 5.11 Å². The van der Waals surface area contributed by atoms with Crippen LogP contribution in [0.4, 0.5) is 0 Å². The van der Waals surface area contributed by atoms with Gasteiger partial charge in [0.05, 0.1) is 0 Å². The van der Waals surface area contributed by atoms with Crippen LogP contribution in [0.3, 0.4) is 0 Å². The Morgan fingerprint density at radius 2 is 1.76 bits per heavy atom. The van der Waals surface area contributed by atoms with Crippen molar-refractivity contribution >= 4 is 0 Å². The summed E-state index contributed by atoms with van der Waals surface area (Å²) in [6, 6.07) is 17.5. The molecule has 2 aromatic rings. The van der Waals surface area contributed by atoms with E-state index in [0.29, 0.717) is 0 Å². The zero-order valence-electron chi connectivity index (χ0n) is 12.5. The summed E-state index contributed by atoms with van der Waals surface area (Å²) in [4.78, 5) is 0. The van der Waals surface area contributed by atoms with Crippen LogP contribution in [0.25, 0.3) is 0 Å². The number of nitrogens with one attached hydrogen (secondary N) is 1. The fraction of sp³-hybridized carbons (Fsp3) is 0.333. The Hall–Kier alpha value is -1.84. The normalized spacial score (nSPS) is 12.1. The van der Waals surface area contributed by atoms with Crippen molar-refractivity contribution < 1.29 is 9.84 Å². The number of aliphatic hydroxyl groups is 1. The highest BCUT2D eigenvalue weighted by Crippen LogP contribution is 2.16. The Morgan fingerprint density at radius 3 is 2.43 bits per heavy atom. The van der Waals surface area contributed by atoms with Gasteiger partial charge in [0.15, 0.2) is 0 Å². The number of benzene rings is 2. The lowest BCUT2D eigenvalue weighted by atomic mass is 10.1. The van der Waals surface area contributed by atoms with Crippen molar-refractivity contribution in [1.29, 1.82) is 0 Å². The van der Waals surface area contributed by atoms with Crippen molar-refractivity contribution in [1.82, 2.24) is 5.32 Å². The van der Waals surface area contributed by atoms with Crippen LogP contribution in [0.15, 0.2) is 54.6 Å². The summed E-state index contributed by atoms with van der Waals surface area (Å²) in [7, 11) is 0. The molecule has 0 saturated carbocycles. The molecule has 3 nitrogen and oxygen atoms in total. The van der Waals surface area contributed by atoms with Crippen LogP contribution in [0, 0.1) is 0 Å². The second-order valence-electron chi connectivity index (χ2n) is 5.06. The third-order valence-electron chi connectivity index (χ3n) is 3.27. The first-order valence-electron chi connectivity index (χ1n) is 7.45. The molecular weight excluding hydrogens is 262 g/mol. The van der Waals surface area contributed by atoms with Crippen molar-refractivity contribution in [3.8, 4) is 5.75 Å². The van der Waals surface area contributed by atoms with Crippen molar-refractivity contribution in [2.45, 2.75) is 26.0 Å². The molecule has 0 aliphatic heterocycles. The highest BCUT2D eigenvalue weighted by molar-refractivity contribution is 5.27. The minimum Gasteiger partial charge on any atom is -0.491 e. The molecule has 21 heavy (non-hydrogen) atoms. The second-order valence-corrected chi connectivity index (χ2v) is 5.06. The molecule has 1 unspecified atom stereocenters. The molecule has 0 fully saturated rings. The van der Waals surface area contributed by atoms with Gasteiger partial charge in [0, 0.05) is 6.54 Å². The number of hydrogen-bond donors (Lipinski definition) is 2. The fourth-order valence-electron chi connectivity index (χ4n) is 2.06. The van der Waals surface area contributed by atoms with Gasteiger partial charge in [0.25, 0.3) is 0 Å². The van der Waals surface area contributed by atoms with E-state index in [4.69, 9.17) is 4.74 Å². The molecule has 0 radical (unpaired) electrons. The average molecular weight is 285 g/mol. The maximum Gasteiger partial charge on any atom is 0.119 e. The molecule has 1 atom stereocenters. The summed E-state index contributed by atoms with van der Waals surface area (Å²) in [5, 5.41) is 13.4. The Kier molecular flexibility index (Phi) is 6.25. The van der Waals surface area contributed by atoms with E-state index in [1.165, 1.54) is 5.56 Å². The molecule has 0 aliphatic carbocycles. The van der Waals surface area contributed by atoms with Crippen molar-refractivity contribution in [3.63, 3.8) is 0 Å². The van der Waals surface area contributed by atoms with Gasteiger partial charge in [-0.05, 0) is 36.2 Å². The number of aliphatic hydroxyl groups excluding tert-OH is 1. The van der Waals surface area contributed by atoms with Crippen LogP contribution in [-0.2, 0) is 6.54 Å². The smallest absolute Gasteiger partial charge is 0.119 e. The topological polar surface area (TPSA) is 41.5 Å². The van der Waals surface area contributed by atoms with Gasteiger partial charge < -0.3 is 15.2 Å². The van der Waals surface area contributed by atoms with Crippen molar-refractivity contribution in [3.05, 3.63) is 65.7 Å². The first-order chi connectivity index (χ1) is 10.3. The lowest BCUT2D eigenvalue weighted by Gasteiger charge is -2.13. The van der Waals surface area contributed by atoms with E-state index in [0.717, 1.165) is 30.8 Å². The predicted octanol–water partition coefficient (Wildman–Crippen LogP) is 3.30. The average Bonchev–Trinajstić information content (AvgIpc) is 2.55. The molecule has 3 heteroatoms. The summed E-state index contributed by atoms with van der Waals surface area (Å²) >= 11 is 0. The molecule has 0 heterocycles. The SMILES string of the molecule is CCCNCc1ccc(OCC(O)c2ccccc2)cc1. The predicted molar refractivity (Wildman–Crippen MR) is 85.3 cm³/mol. The summed E-state index contributed by atoms with van der Waals surface area (Å²) in [5.74, 6) is 0.782. The van der Waals surface area contributed by atoms with E-state index in [1.54, 1.807) is 0 Å². The lowest BCUT2D eigenvalue weighted by molar-refractivity contribution is 0.108. The third kappa shape index (κ3) is 5.21.